The second kappa shape index (κ2) is 10.2. The van der Waals surface area contributed by atoms with Gasteiger partial charge in [-0.3, -0.25) is 19.3 Å². The molecule has 2 aliphatic rings. The van der Waals surface area contributed by atoms with E-state index in [-0.39, 0.29) is 48.9 Å². The number of amides is 2. The molecule has 0 unspecified atom stereocenters. The summed E-state index contributed by atoms with van der Waals surface area (Å²) in [5, 5.41) is 0. The molecule has 2 aliphatic heterocycles. The van der Waals surface area contributed by atoms with Crippen molar-refractivity contribution in [2.45, 2.75) is 13.5 Å². The van der Waals surface area contributed by atoms with Crippen molar-refractivity contribution in [3.63, 3.8) is 0 Å². The number of nitrogens with zero attached hydrogens (tertiary/aromatic N) is 3. The number of aryl methyl sites for hydroxylation is 1. The van der Waals surface area contributed by atoms with Crippen LogP contribution in [0.25, 0.3) is 0 Å². The van der Waals surface area contributed by atoms with Crippen LogP contribution < -0.4 is 14.4 Å². The SMILES string of the molecule is Cc1ccc(OCC(=O)c2ccc3c(c2)N(Cc2nc(C(=O)N4CCOCC4)co2)C(=O)CO3)cc1. The molecule has 0 aliphatic carbocycles. The Morgan fingerprint density at radius 1 is 1.08 bits per heavy atom. The van der Waals surface area contributed by atoms with Crippen LogP contribution in [0.5, 0.6) is 11.5 Å². The lowest BCUT2D eigenvalue weighted by Crippen LogP contribution is -2.41. The number of Topliss-reactive ketones (excluding diaryl/α,β-unsaturated/α-hetero) is 1. The number of ketones is 1. The number of hydrogen-bond donors (Lipinski definition) is 0. The zero-order valence-corrected chi connectivity index (χ0v) is 19.8. The Morgan fingerprint density at radius 2 is 1.86 bits per heavy atom. The summed E-state index contributed by atoms with van der Waals surface area (Å²) in [6.45, 7) is 3.59. The largest absolute Gasteiger partial charge is 0.485 e. The highest BCUT2D eigenvalue weighted by Crippen LogP contribution is 2.34. The molecule has 1 fully saturated rings. The first-order valence-corrected chi connectivity index (χ1v) is 11.6. The number of anilines is 1. The average Bonchev–Trinajstić information content (AvgIpc) is 3.38. The van der Waals surface area contributed by atoms with Gasteiger partial charge in [-0.05, 0) is 37.3 Å². The number of aromatic nitrogens is 1. The van der Waals surface area contributed by atoms with Gasteiger partial charge in [0, 0.05) is 18.7 Å². The molecular weight excluding hydrogens is 466 g/mol. The molecule has 36 heavy (non-hydrogen) atoms. The molecule has 2 aromatic carbocycles. The van der Waals surface area contributed by atoms with Crippen molar-refractivity contribution >= 4 is 23.3 Å². The fourth-order valence-electron chi connectivity index (χ4n) is 3.96. The number of carbonyl (C=O) groups excluding carboxylic acids is 3. The molecule has 1 saturated heterocycles. The van der Waals surface area contributed by atoms with E-state index in [4.69, 9.17) is 18.6 Å². The summed E-state index contributed by atoms with van der Waals surface area (Å²) in [5.74, 6) is 0.448. The predicted octanol–water partition coefficient (Wildman–Crippen LogP) is 2.64. The van der Waals surface area contributed by atoms with Gasteiger partial charge < -0.3 is 23.5 Å². The summed E-state index contributed by atoms with van der Waals surface area (Å²) in [6.07, 6.45) is 1.29. The maximum atomic E-state index is 12.8. The maximum absolute atomic E-state index is 12.8. The summed E-state index contributed by atoms with van der Waals surface area (Å²) in [5.41, 5.74) is 2.06. The molecule has 0 spiro atoms. The molecule has 0 radical (unpaired) electrons. The average molecular weight is 492 g/mol. The van der Waals surface area contributed by atoms with Crippen LogP contribution in [0.2, 0.25) is 0 Å². The van der Waals surface area contributed by atoms with Crippen LogP contribution in [0, 0.1) is 6.92 Å². The highest BCUT2D eigenvalue weighted by atomic mass is 16.5. The van der Waals surface area contributed by atoms with E-state index in [1.54, 1.807) is 35.2 Å². The lowest BCUT2D eigenvalue weighted by atomic mass is 10.1. The van der Waals surface area contributed by atoms with Crippen LogP contribution >= 0.6 is 0 Å². The molecule has 2 amide bonds. The van der Waals surface area contributed by atoms with Crippen LogP contribution in [0.4, 0.5) is 5.69 Å². The Bertz CT molecular complexity index is 1280. The van der Waals surface area contributed by atoms with E-state index in [1.165, 1.54) is 11.2 Å². The quantitative estimate of drug-likeness (QED) is 0.464. The number of carbonyl (C=O) groups is 3. The van der Waals surface area contributed by atoms with Crippen molar-refractivity contribution in [2.75, 3.05) is 44.4 Å². The Labute approximate surface area is 207 Å². The summed E-state index contributed by atoms with van der Waals surface area (Å²) in [7, 11) is 0. The molecule has 10 heteroatoms. The second-order valence-electron chi connectivity index (χ2n) is 8.51. The molecule has 10 nitrogen and oxygen atoms in total. The van der Waals surface area contributed by atoms with Crippen molar-refractivity contribution in [1.29, 1.82) is 0 Å². The summed E-state index contributed by atoms with van der Waals surface area (Å²) >= 11 is 0. The third kappa shape index (κ3) is 5.08. The van der Waals surface area contributed by atoms with Gasteiger partial charge in [-0.25, -0.2) is 4.98 Å². The van der Waals surface area contributed by atoms with Crippen molar-refractivity contribution in [3.8, 4) is 11.5 Å². The van der Waals surface area contributed by atoms with Gasteiger partial charge in [-0.2, -0.15) is 0 Å². The zero-order chi connectivity index (χ0) is 25.1. The third-order valence-corrected chi connectivity index (χ3v) is 5.98. The number of hydrogen-bond acceptors (Lipinski definition) is 8. The molecule has 3 aromatic rings. The number of fused-ring (bicyclic) bond motifs is 1. The monoisotopic (exact) mass is 491 g/mol. The van der Waals surface area contributed by atoms with Gasteiger partial charge in [0.15, 0.2) is 24.7 Å². The minimum Gasteiger partial charge on any atom is -0.485 e. The number of ether oxygens (including phenoxy) is 3. The van der Waals surface area contributed by atoms with Crippen molar-refractivity contribution in [2.24, 2.45) is 0 Å². The fourth-order valence-corrected chi connectivity index (χ4v) is 3.96. The van der Waals surface area contributed by atoms with Crippen molar-refractivity contribution < 1.29 is 33.0 Å². The highest BCUT2D eigenvalue weighted by molar-refractivity contribution is 6.02. The molecule has 0 bridgehead atoms. The highest BCUT2D eigenvalue weighted by Gasteiger charge is 2.29. The minimum atomic E-state index is -0.317. The Balaban J connectivity index is 1.30. The molecule has 186 valence electrons. The molecule has 3 heterocycles. The lowest BCUT2D eigenvalue weighted by Gasteiger charge is -2.28. The van der Waals surface area contributed by atoms with E-state index in [0.29, 0.717) is 49.1 Å². The standard InChI is InChI=1S/C26H25N3O7/c1-17-2-5-19(6-3-17)34-15-22(30)18-4-7-23-21(12-18)29(25(31)16-35-23)13-24-27-20(14-36-24)26(32)28-8-10-33-11-9-28/h2-7,12,14H,8-11,13,15-16H2,1H3. The molecule has 0 atom stereocenters. The Kier molecular flexibility index (Phi) is 6.68. The number of morpholine rings is 1. The van der Waals surface area contributed by atoms with Gasteiger partial charge in [-0.1, -0.05) is 17.7 Å². The van der Waals surface area contributed by atoms with E-state index in [1.807, 2.05) is 19.1 Å². The smallest absolute Gasteiger partial charge is 0.275 e. The van der Waals surface area contributed by atoms with Gasteiger partial charge in [0.1, 0.15) is 24.3 Å². The molecule has 5 rings (SSSR count). The molecule has 0 saturated carbocycles. The Morgan fingerprint density at radius 3 is 2.64 bits per heavy atom. The molecular formula is C26H25N3O7. The zero-order valence-electron chi connectivity index (χ0n) is 19.8. The van der Waals surface area contributed by atoms with Gasteiger partial charge in [0.25, 0.3) is 11.8 Å². The van der Waals surface area contributed by atoms with E-state index in [9.17, 15) is 14.4 Å². The van der Waals surface area contributed by atoms with E-state index in [2.05, 4.69) is 4.98 Å². The number of rotatable bonds is 7. The fraction of sp³-hybridized carbons (Fsp3) is 0.308. The first-order valence-electron chi connectivity index (χ1n) is 11.6. The van der Waals surface area contributed by atoms with Gasteiger partial charge >= 0.3 is 0 Å². The van der Waals surface area contributed by atoms with Gasteiger partial charge in [-0.15, -0.1) is 0 Å². The van der Waals surface area contributed by atoms with E-state index < -0.39 is 0 Å². The van der Waals surface area contributed by atoms with E-state index in [0.717, 1.165) is 5.56 Å². The second-order valence-corrected chi connectivity index (χ2v) is 8.51. The van der Waals surface area contributed by atoms with Crippen LogP contribution in [-0.4, -0.2) is 67.0 Å². The minimum absolute atomic E-state index is 0.0108. The normalized spacial score (nSPS) is 15.3. The first-order chi connectivity index (χ1) is 17.5. The third-order valence-electron chi connectivity index (χ3n) is 5.98. The number of oxazole rings is 1. The predicted molar refractivity (Wildman–Crippen MR) is 127 cm³/mol. The van der Waals surface area contributed by atoms with Crippen molar-refractivity contribution in [1.82, 2.24) is 9.88 Å². The molecule has 0 N–H and O–H groups in total. The summed E-state index contributed by atoms with van der Waals surface area (Å²) in [4.78, 5) is 45.5. The Hall–Kier alpha value is -4.18. The molecule has 1 aromatic heterocycles. The summed E-state index contributed by atoms with van der Waals surface area (Å²) < 4.78 is 21.9. The topological polar surface area (TPSA) is 111 Å². The van der Waals surface area contributed by atoms with E-state index >= 15 is 0 Å². The van der Waals surface area contributed by atoms with Gasteiger partial charge in [0.05, 0.1) is 18.9 Å². The first kappa shape index (κ1) is 23.6. The maximum Gasteiger partial charge on any atom is 0.275 e. The van der Waals surface area contributed by atoms with Crippen LogP contribution in [-0.2, 0) is 16.1 Å². The lowest BCUT2D eigenvalue weighted by molar-refractivity contribution is -0.121. The van der Waals surface area contributed by atoms with Gasteiger partial charge in [0.2, 0.25) is 5.89 Å². The summed E-state index contributed by atoms with van der Waals surface area (Å²) in [6, 6.07) is 12.3. The van der Waals surface area contributed by atoms with Crippen LogP contribution in [0.3, 0.4) is 0 Å². The van der Waals surface area contributed by atoms with Crippen molar-refractivity contribution in [3.05, 3.63) is 71.4 Å². The van der Waals surface area contributed by atoms with Crippen LogP contribution in [0.15, 0.2) is 53.1 Å². The van der Waals surface area contributed by atoms with Crippen LogP contribution in [0.1, 0.15) is 32.3 Å². The number of benzene rings is 2.